The summed E-state index contributed by atoms with van der Waals surface area (Å²) < 4.78 is 11.8. The van der Waals surface area contributed by atoms with Gasteiger partial charge in [0.25, 0.3) is 0 Å². The average molecular weight is 321 g/mol. The Bertz CT molecular complexity index is 318. The van der Waals surface area contributed by atoms with Gasteiger partial charge in [0.2, 0.25) is 0 Å². The Morgan fingerprint density at radius 1 is 1.53 bits per heavy atom. The summed E-state index contributed by atoms with van der Waals surface area (Å²) in [5.41, 5.74) is 0. The predicted octanol–water partition coefficient (Wildman–Crippen LogP) is 0.908. The molecule has 1 aliphatic rings. The van der Waals surface area contributed by atoms with E-state index in [9.17, 15) is 0 Å². The molecule has 2 heterocycles. The fourth-order valence-corrected chi connectivity index (χ4v) is 1.80. The number of nitrogens with zero attached hydrogens (tertiary/aromatic N) is 2. The monoisotopic (exact) mass is 321 g/mol. The fraction of sp³-hybridized carbons (Fsp3) is 0.556. The Labute approximate surface area is 102 Å². The van der Waals surface area contributed by atoms with Crippen LogP contribution in [0.1, 0.15) is 0 Å². The van der Waals surface area contributed by atoms with E-state index < -0.39 is 0 Å². The molecule has 82 valence electrons. The lowest BCUT2D eigenvalue weighted by atomic mass is 10.3. The first kappa shape index (κ1) is 11.0. The smallest absolute Gasteiger partial charge is 0.142 e. The standard InChI is InChI=1S/C9H12IN3O2/c10-8-4-11-6-13-9(8)12-3-7-5-14-1-2-15-7/h4,6-7H,1-3,5H2,(H,11,12,13). The lowest BCUT2D eigenvalue weighted by Crippen LogP contribution is -2.34. The van der Waals surface area contributed by atoms with Gasteiger partial charge >= 0.3 is 0 Å². The quantitative estimate of drug-likeness (QED) is 0.839. The molecule has 0 amide bonds. The zero-order valence-electron chi connectivity index (χ0n) is 8.15. The molecular weight excluding hydrogens is 309 g/mol. The molecule has 1 fully saturated rings. The van der Waals surface area contributed by atoms with Gasteiger partial charge in [0.05, 0.1) is 29.5 Å². The van der Waals surface area contributed by atoms with Gasteiger partial charge in [-0.2, -0.15) is 0 Å². The Hall–Kier alpha value is -0.470. The van der Waals surface area contributed by atoms with Crippen LogP contribution in [0.25, 0.3) is 0 Å². The van der Waals surface area contributed by atoms with Gasteiger partial charge in [-0.25, -0.2) is 9.97 Å². The number of hydrogen-bond acceptors (Lipinski definition) is 5. The molecular formula is C9H12IN3O2. The summed E-state index contributed by atoms with van der Waals surface area (Å²) in [5.74, 6) is 0.847. The summed E-state index contributed by atoms with van der Waals surface area (Å²) >= 11 is 2.20. The molecule has 1 N–H and O–H groups in total. The van der Waals surface area contributed by atoms with Gasteiger partial charge < -0.3 is 14.8 Å². The molecule has 0 spiro atoms. The number of hydrogen-bond donors (Lipinski definition) is 1. The summed E-state index contributed by atoms with van der Waals surface area (Å²) in [6, 6.07) is 0. The van der Waals surface area contributed by atoms with Crippen LogP contribution in [-0.4, -0.2) is 42.4 Å². The van der Waals surface area contributed by atoms with Crippen molar-refractivity contribution in [1.29, 1.82) is 0 Å². The summed E-state index contributed by atoms with van der Waals surface area (Å²) in [5, 5.41) is 3.22. The van der Waals surface area contributed by atoms with Gasteiger partial charge in [0.15, 0.2) is 0 Å². The Balaban J connectivity index is 1.84. The van der Waals surface area contributed by atoms with Crippen LogP contribution in [0.5, 0.6) is 0 Å². The number of nitrogens with one attached hydrogen (secondary N) is 1. The zero-order valence-corrected chi connectivity index (χ0v) is 10.3. The van der Waals surface area contributed by atoms with E-state index in [0.717, 1.165) is 9.39 Å². The number of anilines is 1. The lowest BCUT2D eigenvalue weighted by Gasteiger charge is -2.23. The van der Waals surface area contributed by atoms with E-state index in [1.165, 1.54) is 6.33 Å². The molecule has 0 saturated carbocycles. The third kappa shape index (κ3) is 3.25. The highest BCUT2D eigenvalue weighted by atomic mass is 127. The molecule has 15 heavy (non-hydrogen) atoms. The van der Waals surface area contributed by atoms with Crippen LogP contribution in [-0.2, 0) is 9.47 Å². The van der Waals surface area contributed by atoms with E-state index in [4.69, 9.17) is 9.47 Å². The van der Waals surface area contributed by atoms with Crippen molar-refractivity contribution in [2.24, 2.45) is 0 Å². The number of aromatic nitrogens is 2. The van der Waals surface area contributed by atoms with Crippen molar-refractivity contribution in [1.82, 2.24) is 9.97 Å². The Morgan fingerprint density at radius 2 is 2.47 bits per heavy atom. The predicted molar refractivity (Wildman–Crippen MR) is 63.8 cm³/mol. The molecule has 0 radical (unpaired) electrons. The minimum Gasteiger partial charge on any atom is -0.376 e. The van der Waals surface area contributed by atoms with Crippen LogP contribution >= 0.6 is 22.6 Å². The Kier molecular flexibility index (Phi) is 4.09. The number of halogens is 1. The maximum absolute atomic E-state index is 5.51. The molecule has 1 aromatic rings. The summed E-state index contributed by atoms with van der Waals surface area (Å²) in [6.45, 7) is 2.73. The minimum atomic E-state index is 0.115. The fourth-order valence-electron chi connectivity index (χ4n) is 1.31. The molecule has 1 saturated heterocycles. The molecule has 0 bridgehead atoms. The molecule has 1 aromatic heterocycles. The van der Waals surface area contributed by atoms with Crippen molar-refractivity contribution in [3.05, 3.63) is 16.1 Å². The highest BCUT2D eigenvalue weighted by Gasteiger charge is 2.14. The van der Waals surface area contributed by atoms with Crippen LogP contribution in [0.4, 0.5) is 5.82 Å². The van der Waals surface area contributed by atoms with Crippen LogP contribution in [0, 0.1) is 3.57 Å². The van der Waals surface area contributed by atoms with Crippen LogP contribution in [0.2, 0.25) is 0 Å². The van der Waals surface area contributed by atoms with Gasteiger partial charge in [0.1, 0.15) is 12.1 Å². The first-order valence-electron chi connectivity index (χ1n) is 4.75. The second kappa shape index (κ2) is 5.57. The first-order valence-corrected chi connectivity index (χ1v) is 5.83. The van der Waals surface area contributed by atoms with Crippen LogP contribution < -0.4 is 5.32 Å². The van der Waals surface area contributed by atoms with Crippen molar-refractivity contribution in [2.45, 2.75) is 6.10 Å². The van der Waals surface area contributed by atoms with Gasteiger partial charge in [0, 0.05) is 12.7 Å². The van der Waals surface area contributed by atoms with E-state index in [-0.39, 0.29) is 6.10 Å². The van der Waals surface area contributed by atoms with Crippen molar-refractivity contribution in [3.8, 4) is 0 Å². The van der Waals surface area contributed by atoms with Crippen LogP contribution in [0.15, 0.2) is 12.5 Å². The minimum absolute atomic E-state index is 0.115. The third-order valence-corrected chi connectivity index (χ3v) is 2.84. The summed E-state index contributed by atoms with van der Waals surface area (Å²) in [6.07, 6.45) is 3.42. The highest BCUT2D eigenvalue weighted by Crippen LogP contribution is 2.12. The Morgan fingerprint density at radius 3 is 3.20 bits per heavy atom. The van der Waals surface area contributed by atoms with Crippen molar-refractivity contribution >= 4 is 28.4 Å². The van der Waals surface area contributed by atoms with Gasteiger partial charge in [-0.1, -0.05) is 0 Å². The molecule has 1 atom stereocenters. The molecule has 6 heteroatoms. The largest absolute Gasteiger partial charge is 0.376 e. The van der Waals surface area contributed by atoms with Crippen molar-refractivity contribution in [2.75, 3.05) is 31.7 Å². The van der Waals surface area contributed by atoms with E-state index in [1.807, 2.05) is 0 Å². The summed E-state index contributed by atoms with van der Waals surface area (Å²) in [7, 11) is 0. The van der Waals surface area contributed by atoms with Gasteiger partial charge in [-0.05, 0) is 22.6 Å². The van der Waals surface area contributed by atoms with Crippen molar-refractivity contribution in [3.63, 3.8) is 0 Å². The highest BCUT2D eigenvalue weighted by molar-refractivity contribution is 14.1. The zero-order chi connectivity index (χ0) is 10.5. The summed E-state index contributed by atoms with van der Waals surface area (Å²) in [4.78, 5) is 8.06. The maximum Gasteiger partial charge on any atom is 0.142 e. The number of ether oxygens (including phenoxy) is 2. The molecule has 2 rings (SSSR count). The van der Waals surface area contributed by atoms with E-state index in [2.05, 4.69) is 37.9 Å². The molecule has 1 unspecified atom stereocenters. The third-order valence-electron chi connectivity index (χ3n) is 2.05. The average Bonchev–Trinajstić information content (AvgIpc) is 2.29. The maximum atomic E-state index is 5.51. The van der Waals surface area contributed by atoms with Gasteiger partial charge in [-0.15, -0.1) is 0 Å². The van der Waals surface area contributed by atoms with Crippen LogP contribution in [0.3, 0.4) is 0 Å². The second-order valence-corrected chi connectivity index (χ2v) is 4.33. The molecule has 5 nitrogen and oxygen atoms in total. The normalized spacial score (nSPS) is 21.3. The first-order chi connectivity index (χ1) is 7.36. The molecule has 0 aliphatic carbocycles. The topological polar surface area (TPSA) is 56.3 Å². The lowest BCUT2D eigenvalue weighted by molar-refractivity contribution is -0.0819. The molecule has 1 aliphatic heterocycles. The van der Waals surface area contributed by atoms with E-state index in [0.29, 0.717) is 26.4 Å². The molecule has 0 aromatic carbocycles. The van der Waals surface area contributed by atoms with Gasteiger partial charge in [-0.3, -0.25) is 0 Å². The van der Waals surface area contributed by atoms with Crippen molar-refractivity contribution < 1.29 is 9.47 Å². The second-order valence-electron chi connectivity index (χ2n) is 3.17. The number of rotatable bonds is 3. The SMILES string of the molecule is Ic1cncnc1NCC1COCCO1. The van der Waals surface area contributed by atoms with E-state index in [1.54, 1.807) is 6.20 Å². The van der Waals surface area contributed by atoms with E-state index >= 15 is 0 Å².